The molecule has 0 spiro atoms. The number of rotatable bonds is 6. The maximum Gasteiger partial charge on any atom is 0.337 e. The second-order valence-corrected chi connectivity index (χ2v) is 7.74. The molecule has 0 saturated heterocycles. The molecule has 6 N–H and O–H groups in total. The van der Waals surface area contributed by atoms with E-state index in [-0.39, 0.29) is 28.5 Å². The normalized spacial score (nSPS) is 12.1. The van der Waals surface area contributed by atoms with E-state index in [0.717, 1.165) is 12.1 Å². The summed E-state index contributed by atoms with van der Waals surface area (Å²) in [5, 5.41) is 31.4. The van der Waals surface area contributed by atoms with E-state index in [1.54, 1.807) is 42.5 Å². The summed E-state index contributed by atoms with van der Waals surface area (Å²) in [6, 6.07) is 16.3. The molecule has 0 heterocycles. The fourth-order valence-corrected chi connectivity index (χ4v) is 3.09. The van der Waals surface area contributed by atoms with Crippen molar-refractivity contribution in [2.45, 2.75) is 4.90 Å². The van der Waals surface area contributed by atoms with E-state index in [2.05, 4.69) is 20.8 Å². The third kappa shape index (κ3) is 5.24. The number of carboxylic acid groups (broad SMARTS) is 1. The number of aromatic carboxylic acids is 1. The molecule has 0 aliphatic heterocycles. The fourth-order valence-electron chi connectivity index (χ4n) is 2.55. The van der Waals surface area contributed by atoms with Gasteiger partial charge in [0, 0.05) is 5.56 Å². The summed E-state index contributed by atoms with van der Waals surface area (Å²) < 4.78 is 32.1. The lowest BCUT2D eigenvalue weighted by molar-refractivity contribution is 0.0697. The Morgan fingerprint density at radius 2 is 1.66 bits per heavy atom. The van der Waals surface area contributed by atoms with Crippen LogP contribution in [-0.2, 0) is 10.1 Å². The molecule has 0 radical (unpaired) electrons. The van der Waals surface area contributed by atoms with Gasteiger partial charge in [0.15, 0.2) is 5.75 Å². The van der Waals surface area contributed by atoms with Crippen molar-refractivity contribution in [3.05, 3.63) is 77.9 Å². The summed E-state index contributed by atoms with van der Waals surface area (Å²) >= 11 is 0. The first-order valence-corrected chi connectivity index (χ1v) is 10.3. The number of anilines is 2. The fraction of sp³-hybridized carbons (Fsp3) is 0. The van der Waals surface area contributed by atoms with E-state index >= 15 is 0 Å². The van der Waals surface area contributed by atoms with E-state index in [1.165, 1.54) is 12.1 Å². The van der Waals surface area contributed by atoms with Crippen LogP contribution in [0.15, 0.2) is 87.0 Å². The molecule has 3 aromatic rings. The molecule has 11 nitrogen and oxygen atoms in total. The Labute approximate surface area is 182 Å². The van der Waals surface area contributed by atoms with Gasteiger partial charge in [-0.3, -0.25) is 9.98 Å². The Morgan fingerprint density at radius 3 is 2.31 bits per heavy atom. The largest absolute Gasteiger partial charge is 0.504 e. The van der Waals surface area contributed by atoms with Gasteiger partial charge in [-0.05, 0) is 24.3 Å². The van der Waals surface area contributed by atoms with Gasteiger partial charge in [-0.15, -0.1) is 10.2 Å². The summed E-state index contributed by atoms with van der Waals surface area (Å²) in [4.78, 5) is 10.8. The summed E-state index contributed by atoms with van der Waals surface area (Å²) in [5.41, 5.74) is 8.03. The first-order valence-electron chi connectivity index (χ1n) is 8.90. The van der Waals surface area contributed by atoms with E-state index in [9.17, 15) is 28.0 Å². The number of amidine groups is 1. The van der Waals surface area contributed by atoms with Crippen molar-refractivity contribution >= 4 is 39.0 Å². The number of azo groups is 1. The molecular formula is C20H17N5O6S. The van der Waals surface area contributed by atoms with Crippen LogP contribution >= 0.6 is 0 Å². The number of hydrazone groups is 1. The quantitative estimate of drug-likeness (QED) is 0.0710. The number of hydrogen-bond acceptors (Lipinski definition) is 8. The topological polar surface area (TPSA) is 187 Å². The molecule has 0 saturated carbocycles. The lowest BCUT2D eigenvalue weighted by Crippen LogP contribution is -2.04. The molecule has 0 aliphatic carbocycles. The number of aromatic hydroxyl groups is 1. The molecule has 0 bridgehead atoms. The van der Waals surface area contributed by atoms with Gasteiger partial charge in [0.1, 0.15) is 11.4 Å². The second-order valence-electron chi connectivity index (χ2n) is 6.32. The Morgan fingerprint density at radius 1 is 1.00 bits per heavy atom. The number of phenols is 1. The minimum atomic E-state index is -4.59. The Hall–Kier alpha value is -4.29. The van der Waals surface area contributed by atoms with Gasteiger partial charge in [0.25, 0.3) is 10.1 Å². The molecule has 0 unspecified atom stereocenters. The van der Waals surface area contributed by atoms with Crippen molar-refractivity contribution < 1.29 is 28.0 Å². The van der Waals surface area contributed by atoms with Crippen molar-refractivity contribution in [1.29, 1.82) is 0 Å². The van der Waals surface area contributed by atoms with Crippen LogP contribution in [0.1, 0.15) is 15.9 Å². The molecule has 0 atom stereocenters. The molecule has 0 aliphatic rings. The Bertz CT molecular complexity index is 1320. The number of hydrogen-bond donors (Lipinski definition) is 5. The third-order valence-electron chi connectivity index (χ3n) is 4.11. The molecule has 12 heteroatoms. The maximum atomic E-state index is 11.4. The number of nitrogens with one attached hydrogen (secondary N) is 1. The number of nitrogens with two attached hydrogens (primary N) is 1. The lowest BCUT2D eigenvalue weighted by Gasteiger charge is -2.09. The van der Waals surface area contributed by atoms with E-state index in [1.807, 2.05) is 0 Å². The van der Waals surface area contributed by atoms with Crippen LogP contribution in [0.3, 0.4) is 0 Å². The highest BCUT2D eigenvalue weighted by Crippen LogP contribution is 2.33. The SMILES string of the molecule is Nc1cc(S(=O)(=O)O)cc(NN=C(N=Nc2ccccc2C(=O)O)c2ccccc2)c1O. The van der Waals surface area contributed by atoms with Gasteiger partial charge >= 0.3 is 5.97 Å². The van der Waals surface area contributed by atoms with Gasteiger partial charge in [0.2, 0.25) is 5.84 Å². The highest BCUT2D eigenvalue weighted by Gasteiger charge is 2.16. The van der Waals surface area contributed by atoms with Crippen LogP contribution < -0.4 is 11.2 Å². The number of nitrogen functional groups attached to an aromatic ring is 1. The summed E-state index contributed by atoms with van der Waals surface area (Å²) in [7, 11) is -4.59. The van der Waals surface area contributed by atoms with Crippen LogP contribution in [0.25, 0.3) is 0 Å². The molecule has 32 heavy (non-hydrogen) atoms. The maximum absolute atomic E-state index is 11.4. The van der Waals surface area contributed by atoms with Crippen LogP contribution in [0.5, 0.6) is 5.75 Å². The van der Waals surface area contributed by atoms with Crippen LogP contribution in [-0.4, -0.2) is 35.0 Å². The second kappa shape index (κ2) is 9.24. The first-order chi connectivity index (χ1) is 15.2. The zero-order chi connectivity index (χ0) is 23.3. The minimum Gasteiger partial charge on any atom is -0.504 e. The highest BCUT2D eigenvalue weighted by atomic mass is 32.2. The molecule has 164 valence electrons. The Kier molecular flexibility index (Phi) is 6.47. The zero-order valence-corrected chi connectivity index (χ0v) is 17.1. The number of nitrogens with zero attached hydrogens (tertiary/aromatic N) is 3. The number of carboxylic acids is 1. The van der Waals surface area contributed by atoms with Crippen molar-refractivity contribution in [2.24, 2.45) is 15.3 Å². The number of phenolic OH excluding ortho intramolecular Hbond substituents is 1. The number of carbonyl (C=O) groups is 1. The average Bonchev–Trinajstić information content (AvgIpc) is 2.76. The van der Waals surface area contributed by atoms with Crippen LogP contribution in [0, 0.1) is 0 Å². The lowest BCUT2D eigenvalue weighted by atomic mass is 10.2. The molecule has 3 aromatic carbocycles. The molecule has 3 rings (SSSR count). The van der Waals surface area contributed by atoms with E-state index in [4.69, 9.17) is 5.73 Å². The van der Waals surface area contributed by atoms with Crippen molar-refractivity contribution in [1.82, 2.24) is 0 Å². The van der Waals surface area contributed by atoms with E-state index in [0.29, 0.717) is 5.56 Å². The van der Waals surface area contributed by atoms with Crippen molar-refractivity contribution in [3.63, 3.8) is 0 Å². The molecule has 0 amide bonds. The van der Waals surface area contributed by atoms with Crippen LogP contribution in [0.4, 0.5) is 17.1 Å². The van der Waals surface area contributed by atoms with E-state index < -0.39 is 26.7 Å². The first kappa shape index (κ1) is 22.4. The third-order valence-corrected chi connectivity index (χ3v) is 4.94. The van der Waals surface area contributed by atoms with Gasteiger partial charge in [0.05, 0.1) is 16.1 Å². The van der Waals surface area contributed by atoms with Gasteiger partial charge < -0.3 is 15.9 Å². The molecule has 0 aromatic heterocycles. The molecular weight excluding hydrogens is 438 g/mol. The smallest absolute Gasteiger partial charge is 0.337 e. The minimum absolute atomic E-state index is 0.0129. The highest BCUT2D eigenvalue weighted by molar-refractivity contribution is 7.85. The average molecular weight is 455 g/mol. The Balaban J connectivity index is 2.04. The van der Waals surface area contributed by atoms with Gasteiger partial charge in [-0.25, -0.2) is 4.79 Å². The van der Waals surface area contributed by atoms with Crippen molar-refractivity contribution in [2.75, 3.05) is 11.2 Å². The number of benzene rings is 3. The monoisotopic (exact) mass is 455 g/mol. The van der Waals surface area contributed by atoms with Crippen molar-refractivity contribution in [3.8, 4) is 5.75 Å². The van der Waals surface area contributed by atoms with Gasteiger partial charge in [-0.1, -0.05) is 42.5 Å². The zero-order valence-electron chi connectivity index (χ0n) is 16.2. The summed E-state index contributed by atoms with van der Waals surface area (Å²) in [6.45, 7) is 0. The predicted molar refractivity (Wildman–Crippen MR) is 117 cm³/mol. The van der Waals surface area contributed by atoms with Gasteiger partial charge in [-0.2, -0.15) is 13.5 Å². The predicted octanol–water partition coefficient (Wildman–Crippen LogP) is 3.48. The molecule has 0 fully saturated rings. The standard InChI is InChI=1S/C20H17N5O6S/c21-15-10-13(32(29,30)31)11-17(18(15)26)23-25-19(12-6-2-1-3-7-12)24-22-16-9-5-4-8-14(16)20(27)28/h1-11,23,26H,21H2,(H,27,28)(H,29,30,31). The summed E-state index contributed by atoms with van der Waals surface area (Å²) in [6.07, 6.45) is 0. The van der Waals surface area contributed by atoms with Crippen LogP contribution in [0.2, 0.25) is 0 Å². The summed E-state index contributed by atoms with van der Waals surface area (Å²) in [5.74, 6) is -1.69.